The molecule has 0 bridgehead atoms. The van der Waals surface area contributed by atoms with Crippen LogP contribution in [0.3, 0.4) is 0 Å². The summed E-state index contributed by atoms with van der Waals surface area (Å²) in [6.07, 6.45) is 1.34. The van der Waals surface area contributed by atoms with Crippen LogP contribution in [0.2, 0.25) is 0 Å². The molecule has 1 aromatic rings. The van der Waals surface area contributed by atoms with Crippen LogP contribution in [0.1, 0.15) is 38.3 Å². The first kappa shape index (κ1) is 12.6. The molecule has 0 unspecified atom stereocenters. The van der Waals surface area contributed by atoms with E-state index in [4.69, 9.17) is 10.00 Å². The fraction of sp³-hybridized carbons (Fsp3) is 0.500. The topological polar surface area (TPSA) is 33.0 Å². The highest BCUT2D eigenvalue weighted by molar-refractivity contribution is 5.34. The Bertz CT molecular complexity index is 396. The third-order valence-corrected chi connectivity index (χ3v) is 2.06. The number of ether oxygens (including phenoxy) is 1. The Morgan fingerprint density at radius 3 is 2.50 bits per heavy atom. The molecule has 1 rings (SSSR count). The van der Waals surface area contributed by atoms with Gasteiger partial charge in [-0.2, -0.15) is 5.26 Å². The number of rotatable bonds is 3. The van der Waals surface area contributed by atoms with E-state index in [2.05, 4.69) is 12.1 Å². The lowest BCUT2D eigenvalue weighted by molar-refractivity contribution is 0.131. The molecule has 0 aliphatic rings. The van der Waals surface area contributed by atoms with E-state index in [1.54, 1.807) is 0 Å². The lowest BCUT2D eigenvalue weighted by atomic mass is 10.1. The molecule has 0 radical (unpaired) electrons. The minimum Gasteiger partial charge on any atom is -0.488 e. The summed E-state index contributed by atoms with van der Waals surface area (Å²) >= 11 is 0. The van der Waals surface area contributed by atoms with Gasteiger partial charge in [0.15, 0.2) is 0 Å². The van der Waals surface area contributed by atoms with Gasteiger partial charge in [-0.25, -0.2) is 0 Å². The van der Waals surface area contributed by atoms with Crippen molar-refractivity contribution in [3.05, 3.63) is 29.3 Å². The Morgan fingerprint density at radius 2 is 1.94 bits per heavy atom. The Labute approximate surface area is 97.9 Å². The molecule has 0 atom stereocenters. The summed E-state index contributed by atoms with van der Waals surface area (Å²) in [5.74, 6) is 0.889. The first-order valence-electron chi connectivity index (χ1n) is 5.57. The first-order valence-corrected chi connectivity index (χ1v) is 5.57. The summed E-state index contributed by atoms with van der Waals surface area (Å²) in [5, 5.41) is 8.57. The third-order valence-electron chi connectivity index (χ3n) is 2.06. The van der Waals surface area contributed by atoms with E-state index >= 15 is 0 Å². The molecule has 0 aromatic heterocycles. The molecular weight excluding hydrogens is 198 g/mol. The molecule has 2 nitrogen and oxygen atoms in total. The summed E-state index contributed by atoms with van der Waals surface area (Å²) in [4.78, 5) is 0. The van der Waals surface area contributed by atoms with Crippen molar-refractivity contribution in [1.82, 2.24) is 0 Å². The molecule has 1 aromatic carbocycles. The van der Waals surface area contributed by atoms with Gasteiger partial charge in [-0.05, 0) is 57.4 Å². The SMILES string of the molecule is Cc1cc(CCC#N)cc(OC(C)(C)C)c1. The molecule has 0 amide bonds. The van der Waals surface area contributed by atoms with Gasteiger partial charge < -0.3 is 4.74 Å². The van der Waals surface area contributed by atoms with Gasteiger partial charge in [0.2, 0.25) is 0 Å². The Kier molecular flexibility index (Phi) is 3.95. The largest absolute Gasteiger partial charge is 0.488 e. The number of aryl methyl sites for hydroxylation is 2. The highest BCUT2D eigenvalue weighted by Crippen LogP contribution is 2.22. The molecule has 0 N–H and O–H groups in total. The lowest BCUT2D eigenvalue weighted by Crippen LogP contribution is -2.23. The van der Waals surface area contributed by atoms with Crippen molar-refractivity contribution in [2.24, 2.45) is 0 Å². The number of hydrogen-bond acceptors (Lipinski definition) is 2. The van der Waals surface area contributed by atoms with Crippen molar-refractivity contribution in [1.29, 1.82) is 5.26 Å². The molecule has 0 aliphatic heterocycles. The molecule has 2 heteroatoms. The van der Waals surface area contributed by atoms with Crippen LogP contribution in [0.5, 0.6) is 5.75 Å². The average molecular weight is 217 g/mol. The van der Waals surface area contributed by atoms with Crippen molar-refractivity contribution >= 4 is 0 Å². The molecule has 16 heavy (non-hydrogen) atoms. The van der Waals surface area contributed by atoms with E-state index in [-0.39, 0.29) is 5.60 Å². The zero-order chi connectivity index (χ0) is 12.2. The minimum absolute atomic E-state index is 0.180. The number of nitrogens with zero attached hydrogens (tertiary/aromatic N) is 1. The smallest absolute Gasteiger partial charge is 0.120 e. The highest BCUT2D eigenvalue weighted by atomic mass is 16.5. The molecule has 0 heterocycles. The molecule has 0 aliphatic carbocycles. The summed E-state index contributed by atoms with van der Waals surface area (Å²) < 4.78 is 5.82. The van der Waals surface area contributed by atoms with E-state index in [9.17, 15) is 0 Å². The number of nitriles is 1. The van der Waals surface area contributed by atoms with E-state index in [1.807, 2.05) is 39.8 Å². The van der Waals surface area contributed by atoms with Crippen molar-refractivity contribution in [3.8, 4) is 11.8 Å². The molecular formula is C14H19NO. The third kappa shape index (κ3) is 4.35. The van der Waals surface area contributed by atoms with Crippen LogP contribution in [0.4, 0.5) is 0 Å². The summed E-state index contributed by atoms with van der Waals surface area (Å²) in [5.41, 5.74) is 2.16. The maximum absolute atomic E-state index is 8.57. The predicted molar refractivity (Wildman–Crippen MR) is 65.5 cm³/mol. The van der Waals surface area contributed by atoms with Crippen LogP contribution >= 0.6 is 0 Å². The van der Waals surface area contributed by atoms with Gasteiger partial charge in [0.05, 0.1) is 6.07 Å². The van der Waals surface area contributed by atoms with Crippen LogP contribution < -0.4 is 4.74 Å². The lowest BCUT2D eigenvalue weighted by Gasteiger charge is -2.22. The normalized spacial score (nSPS) is 10.9. The summed E-state index contributed by atoms with van der Waals surface area (Å²) in [7, 11) is 0. The molecule has 0 saturated heterocycles. The second-order valence-corrected chi connectivity index (χ2v) is 5.03. The second kappa shape index (κ2) is 5.03. The van der Waals surface area contributed by atoms with Crippen molar-refractivity contribution in [3.63, 3.8) is 0 Å². The van der Waals surface area contributed by atoms with Crippen molar-refractivity contribution in [2.75, 3.05) is 0 Å². The number of hydrogen-bond donors (Lipinski definition) is 0. The van der Waals surface area contributed by atoms with Crippen molar-refractivity contribution < 1.29 is 4.74 Å². The fourth-order valence-electron chi connectivity index (χ4n) is 1.58. The van der Waals surface area contributed by atoms with E-state index in [1.165, 1.54) is 11.1 Å². The van der Waals surface area contributed by atoms with Gasteiger partial charge in [0.25, 0.3) is 0 Å². The Hall–Kier alpha value is -1.49. The molecule has 86 valence electrons. The van der Waals surface area contributed by atoms with Crippen LogP contribution in [-0.4, -0.2) is 5.60 Å². The first-order chi connectivity index (χ1) is 7.40. The van der Waals surface area contributed by atoms with Gasteiger partial charge in [0, 0.05) is 6.42 Å². The van der Waals surface area contributed by atoms with Crippen LogP contribution in [0.15, 0.2) is 18.2 Å². The monoisotopic (exact) mass is 217 g/mol. The number of benzene rings is 1. The van der Waals surface area contributed by atoms with E-state index in [0.717, 1.165) is 12.2 Å². The fourth-order valence-corrected chi connectivity index (χ4v) is 1.58. The summed E-state index contributed by atoms with van der Waals surface area (Å²) in [6, 6.07) is 8.32. The van der Waals surface area contributed by atoms with Gasteiger partial charge in [0.1, 0.15) is 11.4 Å². The molecule has 0 spiro atoms. The summed E-state index contributed by atoms with van der Waals surface area (Å²) in [6.45, 7) is 8.14. The molecule has 0 fully saturated rings. The van der Waals surface area contributed by atoms with Crippen LogP contribution in [0, 0.1) is 18.3 Å². The standard InChI is InChI=1S/C14H19NO/c1-11-8-12(6-5-7-15)10-13(9-11)16-14(2,3)4/h8-10H,5-6H2,1-4H3. The molecule has 0 saturated carbocycles. The van der Waals surface area contributed by atoms with Gasteiger partial charge in [-0.3, -0.25) is 0 Å². The zero-order valence-electron chi connectivity index (χ0n) is 10.5. The van der Waals surface area contributed by atoms with Gasteiger partial charge >= 0.3 is 0 Å². The maximum Gasteiger partial charge on any atom is 0.120 e. The second-order valence-electron chi connectivity index (χ2n) is 5.03. The van der Waals surface area contributed by atoms with E-state index < -0.39 is 0 Å². The van der Waals surface area contributed by atoms with Crippen molar-refractivity contribution in [2.45, 2.75) is 46.1 Å². The minimum atomic E-state index is -0.180. The highest BCUT2D eigenvalue weighted by Gasteiger charge is 2.12. The van der Waals surface area contributed by atoms with Gasteiger partial charge in [-0.1, -0.05) is 6.07 Å². The Balaban J connectivity index is 2.86. The maximum atomic E-state index is 8.57. The average Bonchev–Trinajstić information content (AvgIpc) is 2.10. The van der Waals surface area contributed by atoms with E-state index in [0.29, 0.717) is 6.42 Å². The zero-order valence-corrected chi connectivity index (χ0v) is 10.5. The predicted octanol–water partition coefficient (Wildman–Crippen LogP) is 3.63. The quantitative estimate of drug-likeness (QED) is 0.774. The Morgan fingerprint density at radius 1 is 1.25 bits per heavy atom. The van der Waals surface area contributed by atoms with Crippen LogP contribution in [0.25, 0.3) is 0 Å². The van der Waals surface area contributed by atoms with Gasteiger partial charge in [-0.15, -0.1) is 0 Å². The van der Waals surface area contributed by atoms with Crippen LogP contribution in [-0.2, 0) is 6.42 Å².